The number of aromatic amines is 1. The molecule has 0 aliphatic carbocycles. The predicted octanol–water partition coefficient (Wildman–Crippen LogP) is 2.32. The Morgan fingerprint density at radius 1 is 1.11 bits per heavy atom. The highest BCUT2D eigenvalue weighted by atomic mass is 16.3. The lowest BCUT2D eigenvalue weighted by atomic mass is 9.96. The van der Waals surface area contributed by atoms with Crippen LogP contribution in [-0.2, 0) is 6.54 Å². The lowest BCUT2D eigenvalue weighted by Crippen LogP contribution is -2.35. The van der Waals surface area contributed by atoms with E-state index >= 15 is 0 Å². The van der Waals surface area contributed by atoms with Crippen LogP contribution < -0.4 is 0 Å². The summed E-state index contributed by atoms with van der Waals surface area (Å²) < 4.78 is 0. The summed E-state index contributed by atoms with van der Waals surface area (Å²) in [6.45, 7) is 10.8. The average molecular weight is 373 g/mol. The first-order chi connectivity index (χ1) is 12.9. The van der Waals surface area contributed by atoms with Gasteiger partial charge in [-0.25, -0.2) is 0 Å². The van der Waals surface area contributed by atoms with Crippen molar-refractivity contribution >= 4 is 10.9 Å². The first-order valence-corrected chi connectivity index (χ1v) is 10.1. The molecule has 0 spiro atoms. The van der Waals surface area contributed by atoms with Gasteiger partial charge < -0.3 is 19.9 Å². The maximum Gasteiger partial charge on any atom is 0.0475 e. The summed E-state index contributed by atoms with van der Waals surface area (Å²) in [5, 5.41) is 11.2. The monoisotopic (exact) mass is 372 g/mol. The lowest BCUT2D eigenvalue weighted by molar-refractivity contribution is 0.171. The number of hydrogen-bond donors (Lipinski definition) is 2. The highest BCUT2D eigenvalue weighted by molar-refractivity contribution is 5.85. The van der Waals surface area contributed by atoms with E-state index in [1.807, 2.05) is 0 Å². The molecule has 2 aromatic rings. The zero-order chi connectivity index (χ0) is 19.6. The van der Waals surface area contributed by atoms with Crippen LogP contribution in [0.5, 0.6) is 0 Å². The average Bonchev–Trinajstić information content (AvgIpc) is 3.14. The Bertz CT molecular complexity index is 754. The van der Waals surface area contributed by atoms with Crippen molar-refractivity contribution in [3.05, 3.63) is 35.0 Å². The van der Waals surface area contributed by atoms with Gasteiger partial charge in [0.05, 0.1) is 0 Å². The molecule has 2 heterocycles. The summed E-state index contributed by atoms with van der Waals surface area (Å²) in [7, 11) is 6.43. The minimum absolute atomic E-state index is 0.285. The molecule has 5 heteroatoms. The van der Waals surface area contributed by atoms with Gasteiger partial charge in [-0.15, -0.1) is 0 Å². The van der Waals surface area contributed by atoms with Gasteiger partial charge >= 0.3 is 0 Å². The molecule has 2 atom stereocenters. The van der Waals surface area contributed by atoms with Crippen LogP contribution in [0.1, 0.15) is 16.8 Å². The zero-order valence-corrected chi connectivity index (χ0v) is 17.6. The molecule has 5 nitrogen and oxygen atoms in total. The number of likely N-dealkylation sites (tertiary alicyclic amines) is 1. The molecular formula is C22H36N4O. The Morgan fingerprint density at radius 2 is 1.85 bits per heavy atom. The second kappa shape index (κ2) is 8.74. The second-order valence-corrected chi connectivity index (χ2v) is 8.74. The van der Waals surface area contributed by atoms with Crippen molar-refractivity contribution in [2.45, 2.75) is 20.4 Å². The standard InChI is InChI=1S/C22H36N4O/c1-16-6-7-21-20(10-16)17(2)22(23-21)14-26-12-18(19(13-26)15-27)11-25(5)9-8-24(3)4/h6-7,10,18-19,23,27H,8-9,11-15H2,1-5H3/t18-,19-/m1/s1. The third-order valence-electron chi connectivity index (χ3n) is 6.06. The Balaban J connectivity index is 1.64. The number of aryl methyl sites for hydroxylation is 2. The fraction of sp³-hybridized carbons (Fsp3) is 0.636. The number of hydrogen-bond acceptors (Lipinski definition) is 4. The number of aliphatic hydroxyl groups excluding tert-OH is 1. The van der Waals surface area contributed by atoms with Crippen molar-refractivity contribution in [2.75, 3.05) is 60.5 Å². The topological polar surface area (TPSA) is 45.7 Å². The molecule has 1 saturated heterocycles. The molecular weight excluding hydrogens is 336 g/mol. The van der Waals surface area contributed by atoms with Crippen molar-refractivity contribution in [3.63, 3.8) is 0 Å². The Morgan fingerprint density at radius 3 is 2.56 bits per heavy atom. The van der Waals surface area contributed by atoms with Crippen molar-refractivity contribution in [1.82, 2.24) is 19.7 Å². The summed E-state index contributed by atoms with van der Waals surface area (Å²) in [6, 6.07) is 6.62. The summed E-state index contributed by atoms with van der Waals surface area (Å²) in [5.74, 6) is 0.910. The molecule has 3 rings (SSSR count). The van der Waals surface area contributed by atoms with Gasteiger partial charge in [0.25, 0.3) is 0 Å². The van der Waals surface area contributed by atoms with E-state index < -0.39 is 0 Å². The van der Waals surface area contributed by atoms with Gasteiger partial charge in [0, 0.05) is 62.5 Å². The van der Waals surface area contributed by atoms with Crippen LogP contribution in [0.3, 0.4) is 0 Å². The van der Waals surface area contributed by atoms with E-state index in [4.69, 9.17) is 0 Å². The number of nitrogens with zero attached hydrogens (tertiary/aromatic N) is 3. The Hall–Kier alpha value is -1.40. The first kappa shape index (κ1) is 20.3. The maximum atomic E-state index is 9.89. The highest BCUT2D eigenvalue weighted by Gasteiger charge is 2.33. The van der Waals surface area contributed by atoms with Gasteiger partial charge in [-0.05, 0) is 64.5 Å². The van der Waals surface area contributed by atoms with Crippen LogP contribution in [-0.4, -0.2) is 85.3 Å². The SMILES string of the molecule is Cc1ccc2[nH]c(CN3C[C@@H](CN(C)CCN(C)C)[C@@H](CO)C3)c(C)c2c1. The lowest BCUT2D eigenvalue weighted by Gasteiger charge is -2.25. The summed E-state index contributed by atoms with van der Waals surface area (Å²) >= 11 is 0. The third kappa shape index (κ3) is 4.91. The first-order valence-electron chi connectivity index (χ1n) is 10.1. The minimum atomic E-state index is 0.285. The van der Waals surface area contributed by atoms with Crippen LogP contribution in [0.4, 0.5) is 0 Å². The molecule has 1 aliphatic rings. The molecule has 0 bridgehead atoms. The molecule has 1 aromatic heterocycles. The summed E-state index contributed by atoms with van der Waals surface area (Å²) in [4.78, 5) is 10.8. The van der Waals surface area contributed by atoms with E-state index in [0.717, 1.165) is 39.3 Å². The van der Waals surface area contributed by atoms with Crippen LogP contribution in [0.15, 0.2) is 18.2 Å². The predicted molar refractivity (Wildman–Crippen MR) is 113 cm³/mol. The van der Waals surface area contributed by atoms with E-state index in [0.29, 0.717) is 11.8 Å². The third-order valence-corrected chi connectivity index (χ3v) is 6.06. The Labute approximate surface area is 163 Å². The van der Waals surface area contributed by atoms with Crippen LogP contribution >= 0.6 is 0 Å². The molecule has 1 aliphatic heterocycles. The normalized spacial score (nSPS) is 21.2. The second-order valence-electron chi connectivity index (χ2n) is 8.74. The molecule has 1 aromatic carbocycles. The minimum Gasteiger partial charge on any atom is -0.396 e. The molecule has 1 fully saturated rings. The van der Waals surface area contributed by atoms with E-state index in [9.17, 15) is 5.11 Å². The largest absolute Gasteiger partial charge is 0.396 e. The molecule has 0 saturated carbocycles. The fourth-order valence-electron chi connectivity index (χ4n) is 4.32. The van der Waals surface area contributed by atoms with E-state index in [1.165, 1.54) is 27.7 Å². The van der Waals surface area contributed by atoms with E-state index in [-0.39, 0.29) is 6.61 Å². The van der Waals surface area contributed by atoms with Gasteiger partial charge in [-0.3, -0.25) is 4.90 Å². The van der Waals surface area contributed by atoms with Crippen LogP contribution in [0.25, 0.3) is 10.9 Å². The molecule has 0 radical (unpaired) electrons. The quantitative estimate of drug-likeness (QED) is 0.747. The van der Waals surface area contributed by atoms with Gasteiger partial charge in [0.2, 0.25) is 0 Å². The number of H-pyrrole nitrogens is 1. The van der Waals surface area contributed by atoms with E-state index in [2.05, 4.69) is 72.9 Å². The number of fused-ring (bicyclic) bond motifs is 1. The number of nitrogens with one attached hydrogen (secondary N) is 1. The maximum absolute atomic E-state index is 9.89. The van der Waals surface area contributed by atoms with Crippen molar-refractivity contribution in [3.8, 4) is 0 Å². The number of aliphatic hydroxyl groups is 1. The number of aromatic nitrogens is 1. The molecule has 150 valence electrons. The van der Waals surface area contributed by atoms with Crippen LogP contribution in [0.2, 0.25) is 0 Å². The van der Waals surface area contributed by atoms with Crippen molar-refractivity contribution in [1.29, 1.82) is 0 Å². The molecule has 2 N–H and O–H groups in total. The number of likely N-dealkylation sites (N-methyl/N-ethyl adjacent to an activating group) is 2. The molecule has 27 heavy (non-hydrogen) atoms. The zero-order valence-electron chi connectivity index (χ0n) is 17.6. The van der Waals surface area contributed by atoms with Crippen LogP contribution in [0, 0.1) is 25.7 Å². The number of rotatable bonds is 8. The van der Waals surface area contributed by atoms with E-state index in [1.54, 1.807) is 0 Å². The highest BCUT2D eigenvalue weighted by Crippen LogP contribution is 2.28. The molecule has 0 unspecified atom stereocenters. The summed E-state index contributed by atoms with van der Waals surface area (Å²) in [5.41, 5.74) is 5.21. The smallest absolute Gasteiger partial charge is 0.0475 e. The van der Waals surface area contributed by atoms with Crippen molar-refractivity contribution in [2.24, 2.45) is 11.8 Å². The van der Waals surface area contributed by atoms with Gasteiger partial charge in [0.15, 0.2) is 0 Å². The van der Waals surface area contributed by atoms with Gasteiger partial charge in [-0.1, -0.05) is 11.6 Å². The van der Waals surface area contributed by atoms with Gasteiger partial charge in [0.1, 0.15) is 0 Å². The summed E-state index contributed by atoms with van der Waals surface area (Å²) in [6.07, 6.45) is 0. The van der Waals surface area contributed by atoms with Crippen molar-refractivity contribution < 1.29 is 5.11 Å². The van der Waals surface area contributed by atoms with Gasteiger partial charge in [-0.2, -0.15) is 0 Å². The number of benzene rings is 1. The molecule has 0 amide bonds. The fourth-order valence-corrected chi connectivity index (χ4v) is 4.32. The Kier molecular flexibility index (Phi) is 6.58.